The molecule has 0 atom stereocenters. The first-order valence-electron chi connectivity index (χ1n) is 5.02. The molecule has 0 aliphatic carbocycles. The zero-order valence-electron chi connectivity index (χ0n) is 8.47. The molecule has 0 saturated heterocycles. The Labute approximate surface area is 92.1 Å². The minimum atomic E-state index is -0.203. The van der Waals surface area contributed by atoms with E-state index in [1.807, 2.05) is 36.5 Å². The number of hydrogen-bond donors (Lipinski definition) is 2. The van der Waals surface area contributed by atoms with Crippen LogP contribution in [0.3, 0.4) is 0 Å². The van der Waals surface area contributed by atoms with E-state index in [4.69, 9.17) is 0 Å². The highest BCUT2D eigenvalue weighted by atomic mass is 16.2. The van der Waals surface area contributed by atoms with Crippen molar-refractivity contribution in [3.05, 3.63) is 42.1 Å². The summed E-state index contributed by atoms with van der Waals surface area (Å²) < 4.78 is 1.76. The number of carbonyl (C=O) groups is 1. The second-order valence-corrected chi connectivity index (χ2v) is 3.59. The fourth-order valence-electron chi connectivity index (χ4n) is 1.68. The van der Waals surface area contributed by atoms with Gasteiger partial charge in [-0.1, -0.05) is 18.2 Å². The number of urea groups is 1. The number of benzene rings is 1. The first-order chi connectivity index (χ1) is 7.83. The van der Waals surface area contributed by atoms with Gasteiger partial charge in [0.15, 0.2) is 5.82 Å². The average molecular weight is 214 g/mol. The number of aromatic nitrogens is 2. The molecular weight excluding hydrogens is 204 g/mol. The van der Waals surface area contributed by atoms with Gasteiger partial charge in [-0.2, -0.15) is 0 Å². The maximum atomic E-state index is 11.1. The minimum absolute atomic E-state index is 0.203. The highest BCUT2D eigenvalue weighted by molar-refractivity contribution is 5.90. The Morgan fingerprint density at radius 1 is 1.25 bits per heavy atom. The molecule has 5 nitrogen and oxygen atoms in total. The van der Waals surface area contributed by atoms with Gasteiger partial charge in [-0.05, 0) is 12.1 Å². The third-order valence-corrected chi connectivity index (χ3v) is 2.48. The SMILES string of the molecule is O=C1NCc2cn(-c3ccccc3)nc2N1. The fourth-order valence-corrected chi connectivity index (χ4v) is 1.68. The van der Waals surface area contributed by atoms with E-state index < -0.39 is 0 Å². The molecule has 2 amide bonds. The zero-order chi connectivity index (χ0) is 11.0. The Bertz CT molecular complexity index is 532. The van der Waals surface area contributed by atoms with Gasteiger partial charge in [-0.3, -0.25) is 5.32 Å². The van der Waals surface area contributed by atoms with Gasteiger partial charge in [0.05, 0.1) is 5.69 Å². The number of anilines is 1. The monoisotopic (exact) mass is 214 g/mol. The van der Waals surface area contributed by atoms with Crippen LogP contribution >= 0.6 is 0 Å². The number of fused-ring (bicyclic) bond motifs is 1. The first kappa shape index (κ1) is 8.96. The summed E-state index contributed by atoms with van der Waals surface area (Å²) in [6, 6.07) is 9.59. The molecular formula is C11H10N4O. The summed E-state index contributed by atoms with van der Waals surface area (Å²) in [5.74, 6) is 0.632. The van der Waals surface area contributed by atoms with Crippen molar-refractivity contribution >= 4 is 11.8 Å². The van der Waals surface area contributed by atoms with E-state index in [0.717, 1.165) is 11.3 Å². The zero-order valence-corrected chi connectivity index (χ0v) is 8.47. The molecule has 1 aromatic carbocycles. The van der Waals surface area contributed by atoms with Crippen molar-refractivity contribution in [1.29, 1.82) is 0 Å². The number of hydrogen-bond acceptors (Lipinski definition) is 2. The smallest absolute Gasteiger partial charge is 0.320 e. The number of para-hydroxylation sites is 1. The molecule has 2 aromatic rings. The van der Waals surface area contributed by atoms with Crippen LogP contribution in [-0.4, -0.2) is 15.8 Å². The molecule has 5 heteroatoms. The molecule has 0 unspecified atom stereocenters. The number of rotatable bonds is 1. The molecule has 2 N–H and O–H groups in total. The van der Waals surface area contributed by atoms with E-state index in [2.05, 4.69) is 15.7 Å². The summed E-state index contributed by atoms with van der Waals surface area (Å²) in [5.41, 5.74) is 1.97. The lowest BCUT2D eigenvalue weighted by atomic mass is 10.3. The predicted molar refractivity (Wildman–Crippen MR) is 59.4 cm³/mol. The van der Waals surface area contributed by atoms with Gasteiger partial charge in [-0.25, -0.2) is 9.48 Å². The highest BCUT2D eigenvalue weighted by Gasteiger charge is 2.17. The van der Waals surface area contributed by atoms with E-state index in [0.29, 0.717) is 12.4 Å². The van der Waals surface area contributed by atoms with E-state index in [-0.39, 0.29) is 6.03 Å². The molecule has 2 heterocycles. The number of nitrogens with zero attached hydrogens (tertiary/aromatic N) is 2. The minimum Gasteiger partial charge on any atom is -0.334 e. The van der Waals surface area contributed by atoms with Crippen molar-refractivity contribution in [2.45, 2.75) is 6.54 Å². The predicted octanol–water partition coefficient (Wildman–Crippen LogP) is 1.51. The van der Waals surface area contributed by atoms with Crippen LogP contribution in [0.4, 0.5) is 10.6 Å². The van der Waals surface area contributed by atoms with Crippen molar-refractivity contribution in [3.8, 4) is 5.69 Å². The van der Waals surface area contributed by atoms with Gasteiger partial charge in [0.2, 0.25) is 0 Å². The molecule has 0 saturated carbocycles. The van der Waals surface area contributed by atoms with Gasteiger partial charge in [-0.15, -0.1) is 5.10 Å². The molecule has 3 rings (SSSR count). The molecule has 1 aliphatic rings. The highest BCUT2D eigenvalue weighted by Crippen LogP contribution is 2.18. The number of nitrogens with one attached hydrogen (secondary N) is 2. The Morgan fingerprint density at radius 3 is 2.88 bits per heavy atom. The molecule has 0 fully saturated rings. The summed E-state index contributed by atoms with van der Waals surface area (Å²) >= 11 is 0. The number of amides is 2. The summed E-state index contributed by atoms with van der Waals surface area (Å²) in [7, 11) is 0. The fraction of sp³-hybridized carbons (Fsp3) is 0.0909. The van der Waals surface area contributed by atoms with Crippen LogP contribution in [0.1, 0.15) is 5.56 Å². The van der Waals surface area contributed by atoms with Crippen LogP contribution in [0.15, 0.2) is 36.5 Å². The molecule has 0 bridgehead atoms. The normalized spacial score (nSPS) is 13.9. The molecule has 0 spiro atoms. The average Bonchev–Trinajstić information content (AvgIpc) is 2.73. The van der Waals surface area contributed by atoms with Gasteiger partial charge in [0.1, 0.15) is 0 Å². The molecule has 16 heavy (non-hydrogen) atoms. The van der Waals surface area contributed by atoms with E-state index >= 15 is 0 Å². The van der Waals surface area contributed by atoms with Crippen LogP contribution in [0.5, 0.6) is 0 Å². The van der Waals surface area contributed by atoms with Crippen LogP contribution in [0.25, 0.3) is 5.69 Å². The topological polar surface area (TPSA) is 59.0 Å². The maximum Gasteiger partial charge on any atom is 0.320 e. The second-order valence-electron chi connectivity index (χ2n) is 3.59. The largest absolute Gasteiger partial charge is 0.334 e. The number of carbonyl (C=O) groups excluding carboxylic acids is 1. The van der Waals surface area contributed by atoms with Crippen LogP contribution in [0, 0.1) is 0 Å². The Balaban J connectivity index is 2.02. The van der Waals surface area contributed by atoms with Crippen molar-refractivity contribution in [2.24, 2.45) is 0 Å². The summed E-state index contributed by atoms with van der Waals surface area (Å²) in [4.78, 5) is 11.1. The van der Waals surface area contributed by atoms with Crippen molar-refractivity contribution in [3.63, 3.8) is 0 Å². The third-order valence-electron chi connectivity index (χ3n) is 2.48. The Morgan fingerprint density at radius 2 is 2.06 bits per heavy atom. The van der Waals surface area contributed by atoms with Crippen LogP contribution < -0.4 is 10.6 Å². The molecule has 1 aromatic heterocycles. The van der Waals surface area contributed by atoms with Crippen LogP contribution in [-0.2, 0) is 6.54 Å². The van der Waals surface area contributed by atoms with Gasteiger partial charge in [0.25, 0.3) is 0 Å². The van der Waals surface area contributed by atoms with E-state index in [1.54, 1.807) is 4.68 Å². The summed E-state index contributed by atoms with van der Waals surface area (Å²) in [5, 5.41) is 9.68. The lowest BCUT2D eigenvalue weighted by molar-refractivity contribution is 0.251. The summed E-state index contributed by atoms with van der Waals surface area (Å²) in [6.07, 6.45) is 1.91. The van der Waals surface area contributed by atoms with Crippen LogP contribution in [0.2, 0.25) is 0 Å². The van der Waals surface area contributed by atoms with Crippen molar-refractivity contribution in [1.82, 2.24) is 15.1 Å². The molecule has 1 aliphatic heterocycles. The third kappa shape index (κ3) is 1.42. The van der Waals surface area contributed by atoms with Gasteiger partial charge >= 0.3 is 6.03 Å². The summed E-state index contributed by atoms with van der Waals surface area (Å²) in [6.45, 7) is 0.522. The Kier molecular flexibility index (Phi) is 1.89. The molecule has 0 radical (unpaired) electrons. The van der Waals surface area contributed by atoms with Crippen molar-refractivity contribution < 1.29 is 4.79 Å². The van der Waals surface area contributed by atoms with E-state index in [9.17, 15) is 4.79 Å². The standard InChI is InChI=1S/C11H10N4O/c16-11-12-6-8-7-15(14-10(8)13-11)9-4-2-1-3-5-9/h1-5,7H,6H2,(H2,12,13,14,16). The van der Waals surface area contributed by atoms with Gasteiger partial charge in [0, 0.05) is 18.3 Å². The lowest BCUT2D eigenvalue weighted by Gasteiger charge is -2.11. The first-order valence-corrected chi connectivity index (χ1v) is 5.02. The lowest BCUT2D eigenvalue weighted by Crippen LogP contribution is -2.32. The Hall–Kier alpha value is -2.30. The van der Waals surface area contributed by atoms with E-state index in [1.165, 1.54) is 0 Å². The second kappa shape index (κ2) is 3.37. The van der Waals surface area contributed by atoms with Gasteiger partial charge < -0.3 is 5.32 Å². The quantitative estimate of drug-likeness (QED) is 0.755. The molecule has 80 valence electrons. The van der Waals surface area contributed by atoms with Crippen molar-refractivity contribution in [2.75, 3.05) is 5.32 Å². The maximum absolute atomic E-state index is 11.1.